The minimum atomic E-state index is -0.396. The highest BCUT2D eigenvalue weighted by Crippen LogP contribution is 2.45. The predicted octanol–water partition coefficient (Wildman–Crippen LogP) is 0.199. The lowest BCUT2D eigenvalue weighted by atomic mass is 9.78. The van der Waals surface area contributed by atoms with Gasteiger partial charge in [-0.3, -0.25) is 13.9 Å². The molecule has 0 saturated carbocycles. The van der Waals surface area contributed by atoms with Gasteiger partial charge in [0.25, 0.3) is 5.56 Å². The van der Waals surface area contributed by atoms with Crippen molar-refractivity contribution in [2.45, 2.75) is 5.92 Å². The third-order valence-corrected chi connectivity index (χ3v) is 4.68. The van der Waals surface area contributed by atoms with E-state index in [0.29, 0.717) is 30.3 Å². The molecule has 0 amide bonds. The Hall–Kier alpha value is -2.70. The predicted molar refractivity (Wildman–Crippen MR) is 84.1 cm³/mol. The van der Waals surface area contributed by atoms with Crippen molar-refractivity contribution >= 4 is 5.69 Å². The van der Waals surface area contributed by atoms with E-state index >= 15 is 0 Å². The van der Waals surface area contributed by atoms with Gasteiger partial charge in [0, 0.05) is 37.2 Å². The summed E-state index contributed by atoms with van der Waals surface area (Å²) < 4.78 is 14.0. The van der Waals surface area contributed by atoms with E-state index in [-0.39, 0.29) is 17.4 Å². The van der Waals surface area contributed by atoms with Gasteiger partial charge in [-0.15, -0.1) is 0 Å². The average molecular weight is 315 g/mol. The molecule has 0 radical (unpaired) electrons. The van der Waals surface area contributed by atoms with Crippen molar-refractivity contribution in [1.29, 1.82) is 0 Å². The zero-order valence-corrected chi connectivity index (χ0v) is 12.9. The lowest BCUT2D eigenvalue weighted by Gasteiger charge is -2.38. The maximum atomic E-state index is 12.7. The monoisotopic (exact) mass is 315 g/mol. The zero-order chi connectivity index (χ0) is 16.3. The molecule has 2 atom stereocenters. The quantitative estimate of drug-likeness (QED) is 0.702. The highest BCUT2D eigenvalue weighted by Gasteiger charge is 2.41. The van der Waals surface area contributed by atoms with E-state index in [1.807, 2.05) is 12.1 Å². The largest absolute Gasteiger partial charge is 0.493 e. The molecule has 120 valence electrons. The summed E-state index contributed by atoms with van der Waals surface area (Å²) in [7, 11) is 3.09. The Morgan fingerprint density at radius 3 is 2.65 bits per heavy atom. The fourth-order valence-corrected chi connectivity index (χ4v) is 3.50. The molecule has 7 nitrogen and oxygen atoms in total. The highest BCUT2D eigenvalue weighted by atomic mass is 16.5. The first kappa shape index (κ1) is 13.9. The number of hydrogen-bond donors (Lipinski definition) is 1. The van der Waals surface area contributed by atoms with Crippen LogP contribution in [0.2, 0.25) is 0 Å². The third kappa shape index (κ3) is 1.82. The molecule has 2 aliphatic heterocycles. The smallest absolute Gasteiger partial charge is 0.333 e. The van der Waals surface area contributed by atoms with Gasteiger partial charge in [-0.25, -0.2) is 4.79 Å². The highest BCUT2D eigenvalue weighted by molar-refractivity contribution is 5.54. The number of benzene rings is 1. The second-order valence-electron chi connectivity index (χ2n) is 6.08. The van der Waals surface area contributed by atoms with Crippen LogP contribution in [-0.4, -0.2) is 22.3 Å². The number of rotatable bonds is 0. The average Bonchev–Trinajstić information content (AvgIpc) is 2.56. The number of nitrogen functional groups attached to an aromatic ring is 1. The van der Waals surface area contributed by atoms with Crippen LogP contribution in [0.3, 0.4) is 0 Å². The minimum Gasteiger partial charge on any atom is -0.493 e. The Balaban J connectivity index is 2.05. The molecule has 0 bridgehead atoms. The zero-order valence-electron chi connectivity index (χ0n) is 12.9. The summed E-state index contributed by atoms with van der Waals surface area (Å²) in [5.41, 5.74) is 7.19. The Morgan fingerprint density at radius 2 is 1.87 bits per heavy atom. The normalized spacial score (nSPS) is 21.5. The SMILES string of the molecule is Cn1c2c(c(=O)n(C)c1=O)C1c3cc(N)ccc3OCC1CO2. The molecule has 23 heavy (non-hydrogen) atoms. The van der Waals surface area contributed by atoms with Crippen molar-refractivity contribution in [3.05, 3.63) is 50.2 Å². The molecular weight excluding hydrogens is 298 g/mol. The summed E-state index contributed by atoms with van der Waals surface area (Å²) in [5, 5.41) is 0. The van der Waals surface area contributed by atoms with Gasteiger partial charge >= 0.3 is 5.69 Å². The summed E-state index contributed by atoms with van der Waals surface area (Å²) in [4.78, 5) is 24.9. The molecule has 2 unspecified atom stereocenters. The van der Waals surface area contributed by atoms with Gasteiger partial charge in [0.15, 0.2) is 0 Å². The number of nitrogens with zero attached hydrogens (tertiary/aromatic N) is 2. The topological polar surface area (TPSA) is 88.5 Å². The number of fused-ring (bicyclic) bond motifs is 5. The van der Waals surface area contributed by atoms with Crippen molar-refractivity contribution in [3.63, 3.8) is 0 Å². The molecule has 7 heteroatoms. The van der Waals surface area contributed by atoms with Gasteiger partial charge < -0.3 is 15.2 Å². The van der Waals surface area contributed by atoms with Gasteiger partial charge in [0.2, 0.25) is 5.88 Å². The number of anilines is 1. The fraction of sp³-hybridized carbons (Fsp3) is 0.375. The molecule has 2 aromatic rings. The van der Waals surface area contributed by atoms with Crippen molar-refractivity contribution in [1.82, 2.24) is 9.13 Å². The molecule has 2 aliphatic rings. The Bertz CT molecular complexity index is 928. The number of nitrogens with two attached hydrogens (primary N) is 1. The van der Waals surface area contributed by atoms with Gasteiger partial charge in [-0.2, -0.15) is 0 Å². The van der Waals surface area contributed by atoms with Crippen molar-refractivity contribution in [2.24, 2.45) is 20.0 Å². The Morgan fingerprint density at radius 1 is 1.13 bits per heavy atom. The maximum absolute atomic E-state index is 12.7. The standard InChI is InChI=1S/C16H17N3O4/c1-18-14(20)13-12-8(7-23-15(13)19(2)16(18)21)6-22-11-4-3-9(17)5-10(11)12/h3-5,8,12H,6-7,17H2,1-2H3. The van der Waals surface area contributed by atoms with Crippen LogP contribution in [0.4, 0.5) is 5.69 Å². The third-order valence-electron chi connectivity index (χ3n) is 4.68. The molecule has 1 aromatic heterocycles. The van der Waals surface area contributed by atoms with E-state index in [4.69, 9.17) is 15.2 Å². The second-order valence-corrected chi connectivity index (χ2v) is 6.08. The van der Waals surface area contributed by atoms with Crippen LogP contribution >= 0.6 is 0 Å². The number of hydrogen-bond acceptors (Lipinski definition) is 5. The molecule has 0 saturated heterocycles. The first-order chi connectivity index (χ1) is 11.0. The van der Waals surface area contributed by atoms with Crippen LogP contribution < -0.4 is 26.5 Å². The lowest BCUT2D eigenvalue weighted by molar-refractivity contribution is 0.116. The maximum Gasteiger partial charge on any atom is 0.333 e. The minimum absolute atomic E-state index is 0.0157. The van der Waals surface area contributed by atoms with Crippen molar-refractivity contribution in [3.8, 4) is 11.6 Å². The van der Waals surface area contributed by atoms with Crippen LogP contribution in [0.15, 0.2) is 27.8 Å². The van der Waals surface area contributed by atoms with E-state index in [1.54, 1.807) is 13.1 Å². The summed E-state index contributed by atoms with van der Waals surface area (Å²) in [6, 6.07) is 5.44. The molecule has 1 aromatic carbocycles. The molecule has 2 N–H and O–H groups in total. The number of aromatic nitrogens is 2. The van der Waals surface area contributed by atoms with E-state index < -0.39 is 5.69 Å². The van der Waals surface area contributed by atoms with Crippen LogP contribution in [0.25, 0.3) is 0 Å². The fourth-order valence-electron chi connectivity index (χ4n) is 3.50. The van der Waals surface area contributed by atoms with Gasteiger partial charge in [-0.05, 0) is 18.2 Å². The van der Waals surface area contributed by atoms with E-state index in [1.165, 1.54) is 11.6 Å². The van der Waals surface area contributed by atoms with Crippen LogP contribution in [-0.2, 0) is 14.1 Å². The van der Waals surface area contributed by atoms with Crippen LogP contribution in [0, 0.1) is 5.92 Å². The summed E-state index contributed by atoms with van der Waals surface area (Å²) >= 11 is 0. The molecule has 4 rings (SSSR count). The Kier molecular flexibility index (Phi) is 2.81. The van der Waals surface area contributed by atoms with Gasteiger partial charge in [0.05, 0.1) is 18.8 Å². The summed E-state index contributed by atoms with van der Waals surface area (Å²) in [6.45, 7) is 0.860. The first-order valence-corrected chi connectivity index (χ1v) is 7.44. The van der Waals surface area contributed by atoms with Gasteiger partial charge in [-0.1, -0.05) is 0 Å². The summed E-state index contributed by atoms with van der Waals surface area (Å²) in [6.07, 6.45) is 0. The number of ether oxygens (including phenoxy) is 2. The molecule has 0 aliphatic carbocycles. The lowest BCUT2D eigenvalue weighted by Crippen LogP contribution is -2.46. The van der Waals surface area contributed by atoms with E-state index in [0.717, 1.165) is 15.9 Å². The van der Waals surface area contributed by atoms with E-state index in [9.17, 15) is 9.59 Å². The van der Waals surface area contributed by atoms with E-state index in [2.05, 4.69) is 0 Å². The Labute approximate surface area is 131 Å². The molecule has 0 fully saturated rings. The van der Waals surface area contributed by atoms with Crippen molar-refractivity contribution in [2.75, 3.05) is 18.9 Å². The summed E-state index contributed by atoms with van der Waals surface area (Å²) in [5.74, 6) is 0.900. The first-order valence-electron chi connectivity index (χ1n) is 7.44. The van der Waals surface area contributed by atoms with Gasteiger partial charge in [0.1, 0.15) is 5.75 Å². The van der Waals surface area contributed by atoms with Crippen LogP contribution in [0.1, 0.15) is 17.0 Å². The van der Waals surface area contributed by atoms with Crippen LogP contribution in [0.5, 0.6) is 11.6 Å². The molecule has 3 heterocycles. The van der Waals surface area contributed by atoms with Crippen molar-refractivity contribution < 1.29 is 9.47 Å². The molecule has 0 spiro atoms. The molecular formula is C16H17N3O4. The second kappa shape index (κ2) is 4.65.